The monoisotopic (exact) mass is 425 g/mol. The van der Waals surface area contributed by atoms with Crippen LogP contribution < -0.4 is 5.32 Å². The van der Waals surface area contributed by atoms with E-state index in [1.165, 1.54) is 24.3 Å². The van der Waals surface area contributed by atoms with Gasteiger partial charge < -0.3 is 10.2 Å². The summed E-state index contributed by atoms with van der Waals surface area (Å²) >= 11 is 0. The maximum Gasteiger partial charge on any atom is 0.246 e. The van der Waals surface area contributed by atoms with Crippen LogP contribution in [0.2, 0.25) is 0 Å². The zero-order chi connectivity index (χ0) is 21.8. The summed E-state index contributed by atoms with van der Waals surface area (Å²) in [7, 11) is 0. The minimum atomic E-state index is -0.959. The molecule has 2 amide bonds. The molecule has 1 N–H and O–H groups in total. The molecule has 2 aliphatic rings. The molecule has 1 spiro atoms. The topological polar surface area (TPSA) is 62.3 Å². The van der Waals surface area contributed by atoms with Crippen LogP contribution in [0, 0.1) is 23.0 Å². The highest BCUT2D eigenvalue weighted by molar-refractivity contribution is 5.92. The van der Waals surface area contributed by atoms with Crippen LogP contribution in [0.1, 0.15) is 30.5 Å². The van der Waals surface area contributed by atoms with Crippen LogP contribution in [-0.4, -0.2) is 41.3 Å². The first kappa shape index (κ1) is 21.2. The van der Waals surface area contributed by atoms with E-state index in [0.29, 0.717) is 26.1 Å². The minimum Gasteiger partial charge on any atom is -0.355 e. The lowest BCUT2D eigenvalue weighted by molar-refractivity contribution is -0.127. The van der Waals surface area contributed by atoms with Crippen molar-refractivity contribution in [2.24, 2.45) is 11.3 Å². The molecule has 1 aromatic heterocycles. The molecule has 1 saturated carbocycles. The van der Waals surface area contributed by atoms with Crippen molar-refractivity contribution in [2.45, 2.75) is 25.7 Å². The van der Waals surface area contributed by atoms with E-state index < -0.39 is 11.6 Å². The van der Waals surface area contributed by atoms with Gasteiger partial charge >= 0.3 is 0 Å². The van der Waals surface area contributed by atoms with Gasteiger partial charge in [-0.15, -0.1) is 0 Å². The van der Waals surface area contributed by atoms with E-state index >= 15 is 0 Å². The molecular formula is C24H25F2N3O2. The number of carbonyl (C=O) groups is 2. The summed E-state index contributed by atoms with van der Waals surface area (Å²) in [5, 5.41) is 3.01. The standard InChI is InChI=1S/C24H25F2N3O2/c25-20-6-3-4-17(22(20)26)7-8-21(30)29-14-10-24(11-15-29)16-19(24)23(31)28-13-9-18-5-1-2-12-27-18/h1-8,12,19H,9-11,13-16H2,(H,28,31)/b8-7+. The fraction of sp³-hybridized carbons (Fsp3) is 0.375. The molecule has 1 aliphatic carbocycles. The molecule has 4 rings (SSSR count). The first-order valence-electron chi connectivity index (χ1n) is 10.6. The summed E-state index contributed by atoms with van der Waals surface area (Å²) in [5.41, 5.74) is 0.988. The third-order valence-corrected chi connectivity index (χ3v) is 6.37. The summed E-state index contributed by atoms with van der Waals surface area (Å²) in [5.74, 6) is -2.04. The number of carbonyl (C=O) groups excluding carboxylic acids is 2. The zero-order valence-electron chi connectivity index (χ0n) is 17.2. The number of benzene rings is 1. The minimum absolute atomic E-state index is 0.00502. The SMILES string of the molecule is O=C(NCCc1ccccn1)C1CC12CCN(C(=O)/C=C/c1cccc(F)c1F)CC2. The molecule has 2 aromatic rings. The van der Waals surface area contributed by atoms with E-state index in [9.17, 15) is 18.4 Å². The number of aromatic nitrogens is 1. The Kier molecular flexibility index (Phi) is 6.11. The number of piperidine rings is 1. The summed E-state index contributed by atoms with van der Waals surface area (Å²) in [4.78, 5) is 30.9. The van der Waals surface area contributed by atoms with Crippen LogP contribution in [0.25, 0.3) is 6.08 Å². The molecule has 1 aliphatic heterocycles. The van der Waals surface area contributed by atoms with Gasteiger partial charge in [0, 0.05) is 55.5 Å². The van der Waals surface area contributed by atoms with Crippen molar-refractivity contribution in [2.75, 3.05) is 19.6 Å². The van der Waals surface area contributed by atoms with E-state index in [4.69, 9.17) is 0 Å². The van der Waals surface area contributed by atoms with Crippen molar-refractivity contribution in [1.82, 2.24) is 15.2 Å². The largest absolute Gasteiger partial charge is 0.355 e. The van der Waals surface area contributed by atoms with Gasteiger partial charge in [-0.3, -0.25) is 14.6 Å². The quantitative estimate of drug-likeness (QED) is 0.722. The van der Waals surface area contributed by atoms with Crippen LogP contribution in [-0.2, 0) is 16.0 Å². The summed E-state index contributed by atoms with van der Waals surface area (Å²) < 4.78 is 27.0. The Morgan fingerprint density at radius 3 is 2.71 bits per heavy atom. The van der Waals surface area contributed by atoms with Gasteiger partial charge in [-0.25, -0.2) is 8.78 Å². The molecule has 2 fully saturated rings. The molecule has 1 unspecified atom stereocenters. The molecule has 1 atom stereocenters. The van der Waals surface area contributed by atoms with Crippen molar-refractivity contribution in [3.05, 3.63) is 71.6 Å². The van der Waals surface area contributed by atoms with Gasteiger partial charge in [-0.1, -0.05) is 18.2 Å². The predicted octanol–water partition coefficient (Wildman–Crippen LogP) is 3.36. The van der Waals surface area contributed by atoms with Gasteiger partial charge in [0.15, 0.2) is 11.6 Å². The predicted molar refractivity (Wildman–Crippen MR) is 113 cm³/mol. The van der Waals surface area contributed by atoms with E-state index in [1.807, 2.05) is 18.2 Å². The average molecular weight is 425 g/mol. The van der Waals surface area contributed by atoms with Gasteiger partial charge in [-0.05, 0) is 49.0 Å². The van der Waals surface area contributed by atoms with Gasteiger partial charge in [0.1, 0.15) is 0 Å². The van der Waals surface area contributed by atoms with Crippen LogP contribution in [0.5, 0.6) is 0 Å². The average Bonchev–Trinajstić information content (AvgIpc) is 3.49. The van der Waals surface area contributed by atoms with Crippen molar-refractivity contribution >= 4 is 17.9 Å². The number of nitrogens with zero attached hydrogens (tertiary/aromatic N) is 2. The van der Waals surface area contributed by atoms with Crippen molar-refractivity contribution < 1.29 is 18.4 Å². The van der Waals surface area contributed by atoms with Crippen molar-refractivity contribution in [3.63, 3.8) is 0 Å². The highest BCUT2D eigenvalue weighted by Crippen LogP contribution is 2.59. The lowest BCUT2D eigenvalue weighted by Gasteiger charge is -2.32. The number of likely N-dealkylation sites (tertiary alicyclic amines) is 1. The number of halogens is 2. The molecule has 5 nitrogen and oxygen atoms in total. The maximum atomic E-state index is 13.7. The summed E-state index contributed by atoms with van der Waals surface area (Å²) in [6, 6.07) is 9.60. The molecule has 31 heavy (non-hydrogen) atoms. The van der Waals surface area contributed by atoms with Crippen molar-refractivity contribution in [1.29, 1.82) is 0 Å². The molecule has 2 heterocycles. The Labute approximate surface area is 180 Å². The Balaban J connectivity index is 1.23. The number of pyridine rings is 1. The number of hydrogen-bond acceptors (Lipinski definition) is 3. The van der Waals surface area contributed by atoms with E-state index in [1.54, 1.807) is 11.1 Å². The number of hydrogen-bond donors (Lipinski definition) is 1. The molecule has 1 aromatic carbocycles. The smallest absolute Gasteiger partial charge is 0.246 e. The molecule has 7 heteroatoms. The number of rotatable bonds is 6. The fourth-order valence-electron chi connectivity index (χ4n) is 4.34. The van der Waals surface area contributed by atoms with Gasteiger partial charge in [-0.2, -0.15) is 0 Å². The second-order valence-electron chi connectivity index (χ2n) is 8.28. The summed E-state index contributed by atoms with van der Waals surface area (Å²) in [6.07, 6.45) is 7.44. The van der Waals surface area contributed by atoms with Gasteiger partial charge in [0.25, 0.3) is 0 Å². The van der Waals surface area contributed by atoms with Gasteiger partial charge in [0.05, 0.1) is 0 Å². The Bertz CT molecular complexity index is 986. The lowest BCUT2D eigenvalue weighted by Crippen LogP contribution is -2.40. The van der Waals surface area contributed by atoms with E-state index in [-0.39, 0.29) is 28.7 Å². The first-order chi connectivity index (χ1) is 15.0. The maximum absolute atomic E-state index is 13.7. The van der Waals surface area contributed by atoms with Gasteiger partial charge in [0.2, 0.25) is 11.8 Å². The fourth-order valence-corrected chi connectivity index (χ4v) is 4.34. The third-order valence-electron chi connectivity index (χ3n) is 6.37. The second kappa shape index (κ2) is 8.96. The second-order valence-corrected chi connectivity index (χ2v) is 8.28. The zero-order valence-corrected chi connectivity index (χ0v) is 17.2. The third kappa shape index (κ3) is 4.81. The van der Waals surface area contributed by atoms with E-state index in [2.05, 4.69) is 10.3 Å². The molecule has 0 radical (unpaired) electrons. The molecule has 162 valence electrons. The van der Waals surface area contributed by atoms with Crippen molar-refractivity contribution in [3.8, 4) is 0 Å². The Morgan fingerprint density at radius 2 is 1.97 bits per heavy atom. The number of nitrogens with one attached hydrogen (secondary N) is 1. The first-order valence-corrected chi connectivity index (χ1v) is 10.6. The Morgan fingerprint density at radius 1 is 1.16 bits per heavy atom. The summed E-state index contributed by atoms with van der Waals surface area (Å²) in [6.45, 7) is 1.69. The molecule has 1 saturated heterocycles. The molecular weight excluding hydrogens is 400 g/mol. The normalized spacial score (nSPS) is 19.5. The van der Waals surface area contributed by atoms with Crippen LogP contribution in [0.4, 0.5) is 8.78 Å². The highest BCUT2D eigenvalue weighted by atomic mass is 19.2. The van der Waals surface area contributed by atoms with Crippen LogP contribution >= 0.6 is 0 Å². The molecule has 0 bridgehead atoms. The van der Waals surface area contributed by atoms with E-state index in [0.717, 1.165) is 31.0 Å². The van der Waals surface area contributed by atoms with Crippen LogP contribution in [0.15, 0.2) is 48.7 Å². The Hall–Kier alpha value is -3.09. The highest BCUT2D eigenvalue weighted by Gasteiger charge is 2.58. The number of amides is 2. The lowest BCUT2D eigenvalue weighted by atomic mass is 9.90. The van der Waals surface area contributed by atoms with Crippen LogP contribution in [0.3, 0.4) is 0 Å².